The van der Waals surface area contributed by atoms with Crippen LogP contribution < -0.4 is 0 Å². The van der Waals surface area contributed by atoms with E-state index in [0.717, 1.165) is 0 Å². The molecule has 0 heterocycles. The molecular formula is C15H24O9. The molecule has 138 valence electrons. The average Bonchev–Trinajstić information content (AvgIpc) is 2.40. The molecule has 0 bridgehead atoms. The molecule has 0 spiro atoms. The lowest BCUT2D eigenvalue weighted by Gasteiger charge is -2.25. The molecule has 0 aliphatic rings. The highest BCUT2D eigenvalue weighted by Gasteiger charge is 2.30. The third-order valence-corrected chi connectivity index (χ3v) is 2.41. The van der Waals surface area contributed by atoms with Crippen LogP contribution in [0.15, 0.2) is 0 Å². The van der Waals surface area contributed by atoms with Gasteiger partial charge in [0.15, 0.2) is 0 Å². The first-order chi connectivity index (χ1) is 10.7. The van der Waals surface area contributed by atoms with Gasteiger partial charge in [-0.25, -0.2) is 19.2 Å². The van der Waals surface area contributed by atoms with Crippen molar-refractivity contribution in [2.75, 3.05) is 6.61 Å². The van der Waals surface area contributed by atoms with E-state index in [9.17, 15) is 19.2 Å². The number of carboxylic acids is 1. The highest BCUT2D eigenvalue weighted by molar-refractivity contribution is 6.29. The van der Waals surface area contributed by atoms with E-state index in [1.807, 2.05) is 20.8 Å². The summed E-state index contributed by atoms with van der Waals surface area (Å²) in [6.45, 7) is 10.1. The number of aliphatic carboxylic acids is 1. The fourth-order valence-corrected chi connectivity index (χ4v) is 1.53. The van der Waals surface area contributed by atoms with Gasteiger partial charge in [0.25, 0.3) is 0 Å². The van der Waals surface area contributed by atoms with Crippen molar-refractivity contribution >= 4 is 23.9 Å². The normalized spacial score (nSPS) is 12.9. The van der Waals surface area contributed by atoms with E-state index in [1.165, 1.54) is 20.8 Å². The van der Waals surface area contributed by atoms with Crippen molar-refractivity contribution < 1.29 is 43.5 Å². The van der Waals surface area contributed by atoms with Gasteiger partial charge in [-0.1, -0.05) is 20.8 Å². The van der Waals surface area contributed by atoms with Gasteiger partial charge in [-0.3, -0.25) is 4.89 Å². The first-order valence-electron chi connectivity index (χ1n) is 7.24. The summed E-state index contributed by atoms with van der Waals surface area (Å²) in [5.41, 5.74) is -1.43. The van der Waals surface area contributed by atoms with Crippen LogP contribution in [0.2, 0.25) is 0 Å². The molecule has 1 atom stereocenters. The number of carbonyl (C=O) groups is 4. The minimum Gasteiger partial charge on any atom is -0.473 e. The van der Waals surface area contributed by atoms with Gasteiger partial charge in [0.2, 0.25) is 0 Å². The fraction of sp³-hybridized carbons (Fsp3) is 0.733. The lowest BCUT2D eigenvalue weighted by atomic mass is 9.99. The van der Waals surface area contributed by atoms with Gasteiger partial charge in [-0.05, 0) is 26.2 Å². The summed E-state index contributed by atoms with van der Waals surface area (Å²) in [6, 6.07) is 0. The molecule has 9 nitrogen and oxygen atoms in total. The van der Waals surface area contributed by atoms with Crippen LogP contribution in [0.4, 0.5) is 0 Å². The Hall–Kier alpha value is -2.16. The molecule has 0 saturated carbocycles. The molecule has 0 amide bonds. The van der Waals surface area contributed by atoms with Crippen molar-refractivity contribution in [2.24, 2.45) is 5.41 Å². The summed E-state index contributed by atoms with van der Waals surface area (Å²) in [4.78, 5) is 53.1. The van der Waals surface area contributed by atoms with Crippen LogP contribution >= 0.6 is 0 Å². The molecule has 0 radical (unpaired) electrons. The summed E-state index contributed by atoms with van der Waals surface area (Å²) >= 11 is 0. The van der Waals surface area contributed by atoms with Gasteiger partial charge >= 0.3 is 23.9 Å². The highest BCUT2D eigenvalue weighted by atomic mass is 17.2. The zero-order valence-corrected chi connectivity index (χ0v) is 14.7. The number of ether oxygens (including phenoxy) is 2. The Kier molecular flexibility index (Phi) is 7.85. The quantitative estimate of drug-likeness (QED) is 0.326. The van der Waals surface area contributed by atoms with Gasteiger partial charge in [-0.2, -0.15) is 4.89 Å². The standard InChI is InChI=1S/C15H24O9/c1-9(7-15(5,6)24-23-11(18)10(16)17)22-13(20)12(19)21-8-14(2,3)4/h9H,7-8H2,1-6H3,(H,16,17). The largest absolute Gasteiger partial charge is 0.473 e. The molecule has 0 fully saturated rings. The predicted octanol–water partition coefficient (Wildman–Crippen LogP) is 1.24. The van der Waals surface area contributed by atoms with Crippen molar-refractivity contribution in [3.63, 3.8) is 0 Å². The monoisotopic (exact) mass is 348 g/mol. The van der Waals surface area contributed by atoms with Crippen molar-refractivity contribution in [1.82, 2.24) is 0 Å². The second-order valence-corrected chi connectivity index (χ2v) is 7.08. The summed E-state index contributed by atoms with van der Waals surface area (Å²) in [5.74, 6) is -5.62. The molecule has 0 aromatic carbocycles. The molecule has 0 aliphatic heterocycles. The van der Waals surface area contributed by atoms with Crippen LogP contribution in [0.5, 0.6) is 0 Å². The lowest BCUT2D eigenvalue weighted by Crippen LogP contribution is -2.35. The topological polar surface area (TPSA) is 125 Å². The summed E-state index contributed by atoms with van der Waals surface area (Å²) in [5, 5.41) is 8.37. The molecule has 1 N–H and O–H groups in total. The first kappa shape index (κ1) is 21.8. The number of carbonyl (C=O) groups excluding carboxylic acids is 3. The van der Waals surface area contributed by atoms with E-state index >= 15 is 0 Å². The third kappa shape index (κ3) is 9.78. The zero-order chi connectivity index (χ0) is 19.1. The van der Waals surface area contributed by atoms with E-state index in [0.29, 0.717) is 0 Å². The average molecular weight is 348 g/mol. The van der Waals surface area contributed by atoms with Gasteiger partial charge in [-0.15, -0.1) is 0 Å². The minimum absolute atomic E-state index is 0.0399. The van der Waals surface area contributed by atoms with Crippen LogP contribution in [0, 0.1) is 5.41 Å². The SMILES string of the molecule is CC(CC(C)(C)OOC(=O)C(=O)O)OC(=O)C(=O)OCC(C)(C)C. The Morgan fingerprint density at radius 3 is 1.96 bits per heavy atom. The van der Waals surface area contributed by atoms with E-state index in [1.54, 1.807) is 0 Å². The highest BCUT2D eigenvalue weighted by Crippen LogP contribution is 2.19. The predicted molar refractivity (Wildman–Crippen MR) is 79.5 cm³/mol. The molecule has 0 saturated heterocycles. The van der Waals surface area contributed by atoms with Crippen molar-refractivity contribution in [2.45, 2.75) is 59.7 Å². The maximum absolute atomic E-state index is 11.6. The Morgan fingerprint density at radius 2 is 1.50 bits per heavy atom. The number of hydrogen-bond donors (Lipinski definition) is 1. The maximum Gasteiger partial charge on any atom is 0.449 e. The van der Waals surface area contributed by atoms with Gasteiger partial charge in [0.05, 0.1) is 6.61 Å². The molecule has 0 aromatic heterocycles. The molecule has 0 rings (SSSR count). The van der Waals surface area contributed by atoms with Gasteiger partial charge in [0, 0.05) is 6.42 Å². The number of esters is 2. The second-order valence-electron chi connectivity index (χ2n) is 7.08. The number of carboxylic acid groups (broad SMARTS) is 1. The van der Waals surface area contributed by atoms with Crippen LogP contribution in [0.1, 0.15) is 48.0 Å². The molecular weight excluding hydrogens is 324 g/mol. The van der Waals surface area contributed by atoms with Crippen molar-refractivity contribution in [3.05, 3.63) is 0 Å². The van der Waals surface area contributed by atoms with Gasteiger partial charge in [0.1, 0.15) is 11.7 Å². The molecule has 9 heteroatoms. The Morgan fingerprint density at radius 1 is 0.958 bits per heavy atom. The smallest absolute Gasteiger partial charge is 0.449 e. The van der Waals surface area contributed by atoms with Gasteiger partial charge < -0.3 is 14.6 Å². The minimum atomic E-state index is -1.80. The van der Waals surface area contributed by atoms with E-state index in [-0.39, 0.29) is 18.4 Å². The Labute approximate surface area is 140 Å². The maximum atomic E-state index is 11.6. The zero-order valence-electron chi connectivity index (χ0n) is 14.7. The van der Waals surface area contributed by atoms with Crippen LogP contribution in [0.3, 0.4) is 0 Å². The van der Waals surface area contributed by atoms with E-state index in [4.69, 9.17) is 19.5 Å². The third-order valence-electron chi connectivity index (χ3n) is 2.41. The fourth-order valence-electron chi connectivity index (χ4n) is 1.53. The van der Waals surface area contributed by atoms with Crippen LogP contribution in [-0.2, 0) is 38.4 Å². The number of rotatable bonds is 6. The van der Waals surface area contributed by atoms with Crippen molar-refractivity contribution in [1.29, 1.82) is 0 Å². The Bertz CT molecular complexity index is 488. The summed E-state index contributed by atoms with van der Waals surface area (Å²) in [7, 11) is 0. The molecule has 1 unspecified atom stereocenters. The first-order valence-corrected chi connectivity index (χ1v) is 7.24. The molecule has 24 heavy (non-hydrogen) atoms. The lowest BCUT2D eigenvalue weighted by molar-refractivity contribution is -0.327. The summed E-state index contributed by atoms with van der Waals surface area (Å²) < 4.78 is 9.74. The van der Waals surface area contributed by atoms with E-state index < -0.39 is 35.6 Å². The van der Waals surface area contributed by atoms with E-state index in [2.05, 4.69) is 4.89 Å². The summed E-state index contributed by atoms with van der Waals surface area (Å²) in [6.07, 6.45) is -0.726. The number of hydrogen-bond acceptors (Lipinski definition) is 8. The van der Waals surface area contributed by atoms with Crippen LogP contribution in [-0.4, -0.2) is 47.3 Å². The molecule has 0 aromatic rings. The molecule has 0 aliphatic carbocycles. The second kappa shape index (κ2) is 8.62. The van der Waals surface area contributed by atoms with Crippen molar-refractivity contribution in [3.8, 4) is 0 Å². The Balaban J connectivity index is 4.37. The van der Waals surface area contributed by atoms with Crippen LogP contribution in [0.25, 0.3) is 0 Å².